The minimum absolute atomic E-state index is 0.00712. The van der Waals surface area contributed by atoms with Crippen molar-refractivity contribution in [3.63, 3.8) is 0 Å². The predicted octanol–water partition coefficient (Wildman–Crippen LogP) is 3.80. The van der Waals surface area contributed by atoms with Crippen LogP contribution in [0.3, 0.4) is 0 Å². The Balaban J connectivity index is 2.63. The Hall–Kier alpha value is -1.00. The molecular weight excluding hydrogens is 258 g/mol. The molecule has 3 N–H and O–H groups in total. The summed E-state index contributed by atoms with van der Waals surface area (Å²) in [5.74, 6) is 4.99. The van der Waals surface area contributed by atoms with Gasteiger partial charge in [0.05, 0.1) is 0 Å². The first kappa shape index (κ1) is 17.1. The number of nitrogens with one attached hydrogen (secondary N) is 1. The number of hydrogen-bond donors (Lipinski definition) is 2. The summed E-state index contributed by atoms with van der Waals surface area (Å²) in [7, 11) is 0. The lowest BCUT2D eigenvalue weighted by Crippen LogP contribution is -2.38. The second kappa shape index (κ2) is 7.14. The van der Waals surface area contributed by atoms with Gasteiger partial charge >= 0.3 is 0 Å². The molecule has 1 rings (SSSR count). The molecule has 2 atom stereocenters. The van der Waals surface area contributed by atoms with Gasteiger partial charge in [0.15, 0.2) is 0 Å². The largest absolute Gasteiger partial charge is 0.271 e. The van der Waals surface area contributed by atoms with Gasteiger partial charge in [-0.05, 0) is 42.2 Å². The fourth-order valence-corrected chi connectivity index (χ4v) is 2.78. The fraction of sp³-hybridized carbons (Fsp3) is 0.625. The number of hydrogen-bond acceptors (Lipinski definition) is 2. The van der Waals surface area contributed by atoms with Crippen LogP contribution in [0.4, 0.5) is 8.78 Å². The second-order valence-corrected chi connectivity index (χ2v) is 6.91. The quantitative estimate of drug-likeness (QED) is 0.616. The van der Waals surface area contributed by atoms with Crippen molar-refractivity contribution in [2.45, 2.75) is 53.0 Å². The molecule has 0 aliphatic heterocycles. The van der Waals surface area contributed by atoms with Crippen LogP contribution in [0, 0.1) is 23.0 Å². The van der Waals surface area contributed by atoms with Crippen LogP contribution in [0.15, 0.2) is 18.2 Å². The maximum Gasteiger partial charge on any atom is 0.129 e. The third kappa shape index (κ3) is 5.97. The van der Waals surface area contributed by atoms with Crippen LogP contribution >= 0.6 is 0 Å². The summed E-state index contributed by atoms with van der Waals surface area (Å²) in [6.07, 6.45) is 2.42. The average Bonchev–Trinajstić information content (AvgIpc) is 2.29. The van der Waals surface area contributed by atoms with Crippen molar-refractivity contribution in [1.29, 1.82) is 0 Å². The molecule has 0 saturated heterocycles. The predicted molar refractivity (Wildman–Crippen MR) is 79.0 cm³/mol. The summed E-state index contributed by atoms with van der Waals surface area (Å²) < 4.78 is 26.5. The zero-order chi connectivity index (χ0) is 15.3. The van der Waals surface area contributed by atoms with E-state index < -0.39 is 11.6 Å². The second-order valence-electron chi connectivity index (χ2n) is 6.91. The third-order valence-electron chi connectivity index (χ3n) is 3.36. The van der Waals surface area contributed by atoms with Gasteiger partial charge in [-0.15, -0.1) is 0 Å². The molecule has 1 aromatic carbocycles. The lowest BCUT2D eigenvalue weighted by Gasteiger charge is -2.26. The van der Waals surface area contributed by atoms with E-state index in [1.165, 1.54) is 12.1 Å². The van der Waals surface area contributed by atoms with Crippen molar-refractivity contribution in [2.75, 3.05) is 0 Å². The van der Waals surface area contributed by atoms with E-state index in [1.807, 2.05) is 0 Å². The summed E-state index contributed by atoms with van der Waals surface area (Å²) in [6.45, 7) is 8.78. The minimum atomic E-state index is -0.551. The van der Waals surface area contributed by atoms with Gasteiger partial charge in [-0.3, -0.25) is 11.3 Å². The lowest BCUT2D eigenvalue weighted by molar-refractivity contribution is 0.274. The standard InChI is InChI=1S/C16H26F2N2/c1-11(10-16(2,3)4)7-14(20-19)8-12-5-6-13(17)9-15(12)18/h5-6,9,11,14,20H,7-8,10,19H2,1-4H3. The molecule has 2 unspecified atom stereocenters. The Labute approximate surface area is 120 Å². The Kier molecular flexibility index (Phi) is 6.08. The third-order valence-corrected chi connectivity index (χ3v) is 3.36. The molecule has 0 aliphatic carbocycles. The molecule has 0 amide bonds. The van der Waals surface area contributed by atoms with Crippen molar-refractivity contribution in [1.82, 2.24) is 5.43 Å². The molecule has 20 heavy (non-hydrogen) atoms. The molecule has 0 heterocycles. The molecule has 0 radical (unpaired) electrons. The van der Waals surface area contributed by atoms with Gasteiger partial charge in [0.1, 0.15) is 11.6 Å². The SMILES string of the molecule is CC(CC(Cc1ccc(F)cc1F)NN)CC(C)(C)C. The smallest absolute Gasteiger partial charge is 0.129 e. The Morgan fingerprint density at radius 1 is 1.25 bits per heavy atom. The molecule has 0 bridgehead atoms. The molecule has 0 saturated carbocycles. The minimum Gasteiger partial charge on any atom is -0.271 e. The van der Waals surface area contributed by atoms with Crippen LogP contribution in [0.25, 0.3) is 0 Å². The van der Waals surface area contributed by atoms with Crippen LogP contribution < -0.4 is 11.3 Å². The van der Waals surface area contributed by atoms with Crippen molar-refractivity contribution in [3.8, 4) is 0 Å². The molecule has 2 nitrogen and oxygen atoms in total. The van der Waals surface area contributed by atoms with Gasteiger partial charge in [0.2, 0.25) is 0 Å². The van der Waals surface area contributed by atoms with Gasteiger partial charge in [0.25, 0.3) is 0 Å². The molecule has 0 aliphatic rings. The zero-order valence-electron chi connectivity index (χ0n) is 12.8. The van der Waals surface area contributed by atoms with E-state index in [0.717, 1.165) is 18.9 Å². The van der Waals surface area contributed by atoms with Crippen LogP contribution in [-0.4, -0.2) is 6.04 Å². The van der Waals surface area contributed by atoms with Crippen LogP contribution in [-0.2, 0) is 6.42 Å². The first-order valence-electron chi connectivity index (χ1n) is 7.11. The number of benzene rings is 1. The maximum absolute atomic E-state index is 13.6. The number of halogens is 2. The Morgan fingerprint density at radius 2 is 1.90 bits per heavy atom. The first-order valence-corrected chi connectivity index (χ1v) is 7.11. The van der Waals surface area contributed by atoms with E-state index in [4.69, 9.17) is 5.84 Å². The highest BCUT2D eigenvalue weighted by Crippen LogP contribution is 2.27. The van der Waals surface area contributed by atoms with Crippen molar-refractivity contribution < 1.29 is 8.78 Å². The first-order chi connectivity index (χ1) is 9.21. The molecule has 0 aromatic heterocycles. The van der Waals surface area contributed by atoms with Gasteiger partial charge in [-0.25, -0.2) is 8.78 Å². The zero-order valence-corrected chi connectivity index (χ0v) is 12.8. The monoisotopic (exact) mass is 284 g/mol. The van der Waals surface area contributed by atoms with E-state index >= 15 is 0 Å². The maximum atomic E-state index is 13.6. The normalized spacial score (nSPS) is 15.2. The van der Waals surface area contributed by atoms with E-state index in [9.17, 15) is 8.78 Å². The fourth-order valence-electron chi connectivity index (χ4n) is 2.78. The van der Waals surface area contributed by atoms with E-state index in [1.54, 1.807) is 0 Å². The number of nitrogens with two attached hydrogens (primary N) is 1. The number of hydrazine groups is 1. The molecule has 114 valence electrons. The molecular formula is C16H26F2N2. The Bertz CT molecular complexity index is 427. The van der Waals surface area contributed by atoms with E-state index in [-0.39, 0.29) is 11.5 Å². The van der Waals surface area contributed by atoms with Crippen molar-refractivity contribution >= 4 is 0 Å². The van der Waals surface area contributed by atoms with Crippen molar-refractivity contribution in [2.24, 2.45) is 17.2 Å². The topological polar surface area (TPSA) is 38.0 Å². The molecule has 0 spiro atoms. The summed E-state index contributed by atoms with van der Waals surface area (Å²) in [5, 5.41) is 0. The number of rotatable bonds is 6. The van der Waals surface area contributed by atoms with Gasteiger partial charge in [-0.2, -0.15) is 0 Å². The highest BCUT2D eigenvalue weighted by Gasteiger charge is 2.19. The van der Waals surface area contributed by atoms with E-state index in [2.05, 4.69) is 33.1 Å². The highest BCUT2D eigenvalue weighted by molar-refractivity contribution is 5.19. The Morgan fingerprint density at radius 3 is 2.40 bits per heavy atom. The summed E-state index contributed by atoms with van der Waals surface area (Å²) in [5.41, 5.74) is 3.51. The van der Waals surface area contributed by atoms with Gasteiger partial charge in [0, 0.05) is 12.1 Å². The van der Waals surface area contributed by atoms with Crippen LogP contribution in [0.2, 0.25) is 0 Å². The van der Waals surface area contributed by atoms with Gasteiger partial charge in [-0.1, -0.05) is 33.8 Å². The molecule has 4 heteroatoms. The summed E-state index contributed by atoms with van der Waals surface area (Å²) >= 11 is 0. The molecule has 0 fully saturated rings. The highest BCUT2D eigenvalue weighted by atomic mass is 19.1. The average molecular weight is 284 g/mol. The summed E-state index contributed by atoms with van der Waals surface area (Å²) in [6, 6.07) is 3.68. The van der Waals surface area contributed by atoms with Gasteiger partial charge < -0.3 is 0 Å². The molecule has 1 aromatic rings. The van der Waals surface area contributed by atoms with Crippen molar-refractivity contribution in [3.05, 3.63) is 35.4 Å². The summed E-state index contributed by atoms with van der Waals surface area (Å²) in [4.78, 5) is 0. The lowest BCUT2D eigenvalue weighted by atomic mass is 9.82. The van der Waals surface area contributed by atoms with Crippen LogP contribution in [0.1, 0.15) is 46.1 Å². The van der Waals surface area contributed by atoms with Crippen LogP contribution in [0.5, 0.6) is 0 Å². The van der Waals surface area contributed by atoms with E-state index in [0.29, 0.717) is 17.9 Å².